The Labute approximate surface area is 201 Å². The SMILES string of the molecule is COc1ccc(C(=O)C(C2CCc3ccccc3N2)N(C)CCOc2ccccc2OC)cc1. The smallest absolute Gasteiger partial charge is 0.182 e. The molecule has 1 N–H and O–H groups in total. The highest BCUT2D eigenvalue weighted by Gasteiger charge is 2.34. The van der Waals surface area contributed by atoms with Crippen LogP contribution in [0.4, 0.5) is 5.69 Å². The van der Waals surface area contributed by atoms with Crippen LogP contribution in [0, 0.1) is 0 Å². The van der Waals surface area contributed by atoms with Crippen molar-refractivity contribution in [2.75, 3.05) is 39.7 Å². The number of rotatable bonds is 10. The number of likely N-dealkylation sites (N-methyl/N-ethyl adjacent to an activating group) is 1. The maximum Gasteiger partial charge on any atom is 0.182 e. The van der Waals surface area contributed by atoms with Crippen molar-refractivity contribution in [3.8, 4) is 17.2 Å². The van der Waals surface area contributed by atoms with E-state index in [1.54, 1.807) is 14.2 Å². The first kappa shape index (κ1) is 23.6. The maximum atomic E-state index is 13.7. The lowest BCUT2D eigenvalue weighted by Crippen LogP contribution is -2.52. The van der Waals surface area contributed by atoms with E-state index in [1.165, 1.54) is 5.56 Å². The van der Waals surface area contributed by atoms with Crippen LogP contribution >= 0.6 is 0 Å². The number of methoxy groups -OCH3 is 2. The zero-order valence-corrected chi connectivity index (χ0v) is 20.0. The van der Waals surface area contributed by atoms with Crippen molar-refractivity contribution in [1.82, 2.24) is 4.90 Å². The Morgan fingerprint density at radius 1 is 0.971 bits per heavy atom. The molecule has 0 saturated carbocycles. The molecular formula is C28H32N2O4. The number of carbonyl (C=O) groups excluding carboxylic acids is 1. The largest absolute Gasteiger partial charge is 0.497 e. The number of nitrogens with zero attached hydrogens (tertiary/aromatic N) is 1. The number of carbonyl (C=O) groups is 1. The molecule has 0 fully saturated rings. The summed E-state index contributed by atoms with van der Waals surface area (Å²) in [6, 6.07) is 22.9. The number of hydrogen-bond acceptors (Lipinski definition) is 6. The molecule has 178 valence electrons. The van der Waals surface area contributed by atoms with Gasteiger partial charge in [0, 0.05) is 23.8 Å². The van der Waals surface area contributed by atoms with Gasteiger partial charge in [-0.15, -0.1) is 0 Å². The van der Waals surface area contributed by atoms with Gasteiger partial charge >= 0.3 is 0 Å². The van der Waals surface area contributed by atoms with Crippen LogP contribution in [0.25, 0.3) is 0 Å². The minimum atomic E-state index is -0.344. The molecule has 34 heavy (non-hydrogen) atoms. The Bertz CT molecular complexity index is 1100. The first-order valence-electron chi connectivity index (χ1n) is 11.6. The fourth-order valence-electron chi connectivity index (χ4n) is 4.49. The van der Waals surface area contributed by atoms with Crippen molar-refractivity contribution in [2.24, 2.45) is 0 Å². The Balaban J connectivity index is 1.52. The quantitative estimate of drug-likeness (QED) is 0.443. The molecule has 3 aromatic rings. The molecule has 6 heteroatoms. The highest BCUT2D eigenvalue weighted by molar-refractivity contribution is 6.01. The topological polar surface area (TPSA) is 60.0 Å². The third kappa shape index (κ3) is 5.34. The second kappa shape index (κ2) is 11.1. The van der Waals surface area contributed by atoms with E-state index in [1.807, 2.05) is 61.6 Å². The van der Waals surface area contributed by atoms with Gasteiger partial charge in [-0.2, -0.15) is 0 Å². The summed E-state index contributed by atoms with van der Waals surface area (Å²) in [6.07, 6.45) is 1.81. The zero-order valence-electron chi connectivity index (χ0n) is 20.0. The van der Waals surface area contributed by atoms with Crippen LogP contribution in [-0.2, 0) is 6.42 Å². The van der Waals surface area contributed by atoms with Gasteiger partial charge in [0.25, 0.3) is 0 Å². The van der Waals surface area contributed by atoms with Crippen LogP contribution in [0.1, 0.15) is 22.3 Å². The minimum Gasteiger partial charge on any atom is -0.497 e. The Morgan fingerprint density at radius 3 is 2.41 bits per heavy atom. The van der Waals surface area contributed by atoms with Gasteiger partial charge in [0.15, 0.2) is 17.3 Å². The zero-order chi connectivity index (χ0) is 23.9. The molecule has 0 bridgehead atoms. The molecule has 2 unspecified atom stereocenters. The van der Waals surface area contributed by atoms with Crippen molar-refractivity contribution in [3.63, 3.8) is 0 Å². The molecule has 0 radical (unpaired) electrons. The van der Waals surface area contributed by atoms with Crippen molar-refractivity contribution in [1.29, 1.82) is 0 Å². The van der Waals surface area contributed by atoms with Crippen molar-refractivity contribution < 1.29 is 19.0 Å². The normalized spacial score (nSPS) is 15.7. The van der Waals surface area contributed by atoms with Gasteiger partial charge in [-0.25, -0.2) is 0 Å². The lowest BCUT2D eigenvalue weighted by atomic mass is 9.88. The van der Waals surface area contributed by atoms with Crippen molar-refractivity contribution >= 4 is 11.5 Å². The number of nitrogens with one attached hydrogen (secondary N) is 1. The van der Waals surface area contributed by atoms with Crippen LogP contribution < -0.4 is 19.5 Å². The Morgan fingerprint density at radius 2 is 1.68 bits per heavy atom. The van der Waals surface area contributed by atoms with Crippen LogP contribution in [0.2, 0.25) is 0 Å². The second-order valence-electron chi connectivity index (χ2n) is 8.46. The number of Topliss-reactive ketones (excluding diaryl/α,β-unsaturated/α-hetero) is 1. The maximum absolute atomic E-state index is 13.7. The van der Waals surface area contributed by atoms with Crippen LogP contribution in [0.3, 0.4) is 0 Å². The van der Waals surface area contributed by atoms with Gasteiger partial charge in [-0.3, -0.25) is 9.69 Å². The third-order valence-electron chi connectivity index (χ3n) is 6.35. The summed E-state index contributed by atoms with van der Waals surface area (Å²) in [7, 11) is 5.24. The highest BCUT2D eigenvalue weighted by Crippen LogP contribution is 2.29. The van der Waals surface area contributed by atoms with Gasteiger partial charge in [0.1, 0.15) is 12.4 Å². The van der Waals surface area contributed by atoms with E-state index in [9.17, 15) is 4.79 Å². The number of para-hydroxylation sites is 3. The van der Waals surface area contributed by atoms with E-state index < -0.39 is 0 Å². The molecule has 6 nitrogen and oxygen atoms in total. The summed E-state index contributed by atoms with van der Waals surface area (Å²) in [4.78, 5) is 15.8. The Kier molecular flexibility index (Phi) is 7.70. The molecule has 0 spiro atoms. The predicted octanol–water partition coefficient (Wildman–Crippen LogP) is 4.69. The fraction of sp³-hybridized carbons (Fsp3) is 0.321. The van der Waals surface area contributed by atoms with Gasteiger partial charge in [0.2, 0.25) is 0 Å². The Hall–Kier alpha value is -3.51. The molecule has 1 heterocycles. The molecular weight excluding hydrogens is 428 g/mol. The number of aryl methyl sites for hydroxylation is 1. The van der Waals surface area contributed by atoms with E-state index in [4.69, 9.17) is 14.2 Å². The molecule has 1 aliphatic rings. The number of fused-ring (bicyclic) bond motifs is 1. The summed E-state index contributed by atoms with van der Waals surface area (Å²) < 4.78 is 16.6. The first-order chi connectivity index (χ1) is 16.6. The summed E-state index contributed by atoms with van der Waals surface area (Å²) >= 11 is 0. The molecule has 1 aliphatic heterocycles. The minimum absolute atomic E-state index is 0.0132. The molecule has 0 aromatic heterocycles. The van der Waals surface area contributed by atoms with Crippen LogP contribution in [0.15, 0.2) is 72.8 Å². The lowest BCUT2D eigenvalue weighted by molar-refractivity contribution is 0.0802. The molecule has 4 rings (SSSR count). The third-order valence-corrected chi connectivity index (χ3v) is 6.35. The molecule has 0 aliphatic carbocycles. The highest BCUT2D eigenvalue weighted by atomic mass is 16.5. The average molecular weight is 461 g/mol. The van der Waals surface area contributed by atoms with E-state index in [-0.39, 0.29) is 17.9 Å². The monoisotopic (exact) mass is 460 g/mol. The number of anilines is 1. The van der Waals surface area contributed by atoms with Gasteiger partial charge in [0.05, 0.1) is 20.3 Å². The number of ether oxygens (including phenoxy) is 3. The lowest BCUT2D eigenvalue weighted by Gasteiger charge is -2.37. The number of hydrogen-bond donors (Lipinski definition) is 1. The van der Waals surface area contributed by atoms with E-state index >= 15 is 0 Å². The number of ketones is 1. The van der Waals surface area contributed by atoms with Crippen LogP contribution in [-0.4, -0.2) is 57.2 Å². The molecule has 2 atom stereocenters. The summed E-state index contributed by atoms with van der Waals surface area (Å²) in [6.45, 7) is 1.02. The number of benzene rings is 3. The second-order valence-corrected chi connectivity index (χ2v) is 8.46. The van der Waals surface area contributed by atoms with Crippen molar-refractivity contribution in [2.45, 2.75) is 24.9 Å². The van der Waals surface area contributed by atoms with E-state index in [2.05, 4.69) is 28.4 Å². The van der Waals surface area contributed by atoms with E-state index in [0.29, 0.717) is 30.2 Å². The van der Waals surface area contributed by atoms with Gasteiger partial charge < -0.3 is 19.5 Å². The van der Waals surface area contributed by atoms with Crippen LogP contribution in [0.5, 0.6) is 17.2 Å². The van der Waals surface area contributed by atoms with Gasteiger partial charge in [-0.05, 0) is 67.9 Å². The summed E-state index contributed by atoms with van der Waals surface area (Å²) in [5, 5.41) is 3.63. The molecule has 0 amide bonds. The standard InChI is InChI=1S/C28H32N2O4/c1-30(18-19-34-26-11-7-6-10-25(26)33-3)27(28(31)21-12-15-22(32-2)16-13-21)24-17-14-20-8-4-5-9-23(20)29-24/h4-13,15-16,24,27,29H,14,17-19H2,1-3H3. The fourth-order valence-corrected chi connectivity index (χ4v) is 4.49. The van der Waals surface area contributed by atoms with E-state index in [0.717, 1.165) is 24.3 Å². The molecule has 0 saturated heterocycles. The average Bonchev–Trinajstić information content (AvgIpc) is 2.89. The molecule has 3 aromatic carbocycles. The van der Waals surface area contributed by atoms with Gasteiger partial charge in [-0.1, -0.05) is 30.3 Å². The summed E-state index contributed by atoms with van der Waals surface area (Å²) in [5.74, 6) is 2.21. The van der Waals surface area contributed by atoms with Crippen molar-refractivity contribution in [3.05, 3.63) is 83.9 Å². The predicted molar refractivity (Wildman–Crippen MR) is 134 cm³/mol. The first-order valence-corrected chi connectivity index (χ1v) is 11.6. The summed E-state index contributed by atoms with van der Waals surface area (Å²) in [5.41, 5.74) is 3.06.